The van der Waals surface area contributed by atoms with Gasteiger partial charge in [-0.2, -0.15) is 0 Å². The standard InChI is InChI=1S/C17H16N6O4S/c1-27-14-5-3-2-4-12(14)16-20-21-17(22(16)19)28-9-11-7-6-10(15(18)24)8-13(11)23(25)26/h2-8H,9,19H2,1H3,(H2,18,24). The monoisotopic (exact) mass is 400 g/mol. The maximum absolute atomic E-state index is 11.3. The second-order valence-electron chi connectivity index (χ2n) is 5.63. The molecular formula is C17H16N6O4S. The van der Waals surface area contributed by atoms with Crippen molar-refractivity contribution in [3.05, 3.63) is 63.7 Å². The molecule has 3 aromatic rings. The first-order chi connectivity index (χ1) is 13.4. The van der Waals surface area contributed by atoms with Gasteiger partial charge in [-0.15, -0.1) is 10.2 Å². The third kappa shape index (κ3) is 3.74. The number of carbonyl (C=O) groups is 1. The zero-order valence-electron chi connectivity index (χ0n) is 14.7. The van der Waals surface area contributed by atoms with E-state index in [0.29, 0.717) is 27.9 Å². The first kappa shape index (κ1) is 19.2. The number of nitrogens with two attached hydrogens (primary N) is 2. The number of thioether (sulfide) groups is 1. The number of primary amides is 1. The molecule has 0 saturated heterocycles. The molecule has 0 aliphatic rings. The fourth-order valence-electron chi connectivity index (χ4n) is 2.54. The summed E-state index contributed by atoms with van der Waals surface area (Å²) in [6, 6.07) is 11.3. The third-order valence-corrected chi connectivity index (χ3v) is 4.93. The Hall–Kier alpha value is -3.60. The van der Waals surface area contributed by atoms with Crippen molar-refractivity contribution in [1.29, 1.82) is 0 Å². The van der Waals surface area contributed by atoms with Crippen LogP contribution in [0.3, 0.4) is 0 Å². The van der Waals surface area contributed by atoms with E-state index in [1.807, 2.05) is 12.1 Å². The number of para-hydroxylation sites is 1. The highest BCUT2D eigenvalue weighted by Crippen LogP contribution is 2.31. The van der Waals surface area contributed by atoms with Crippen molar-refractivity contribution in [3.63, 3.8) is 0 Å². The lowest BCUT2D eigenvalue weighted by Gasteiger charge is -2.08. The molecule has 0 atom stereocenters. The van der Waals surface area contributed by atoms with Gasteiger partial charge in [-0.25, -0.2) is 4.68 Å². The van der Waals surface area contributed by atoms with Crippen LogP contribution in [-0.4, -0.2) is 32.8 Å². The van der Waals surface area contributed by atoms with Crippen molar-refractivity contribution < 1.29 is 14.5 Å². The summed E-state index contributed by atoms with van der Waals surface area (Å²) in [5, 5.41) is 19.8. The van der Waals surface area contributed by atoms with Gasteiger partial charge in [-0.3, -0.25) is 14.9 Å². The van der Waals surface area contributed by atoms with Gasteiger partial charge in [0.2, 0.25) is 11.1 Å². The number of nitrogens with zero attached hydrogens (tertiary/aromatic N) is 4. The van der Waals surface area contributed by atoms with E-state index in [-0.39, 0.29) is 17.0 Å². The Kier molecular flexibility index (Phi) is 5.45. The number of nitro groups is 1. The Bertz CT molecular complexity index is 1050. The molecular weight excluding hydrogens is 384 g/mol. The summed E-state index contributed by atoms with van der Waals surface area (Å²) in [7, 11) is 1.54. The lowest BCUT2D eigenvalue weighted by atomic mass is 10.1. The number of nitro benzene ring substituents is 1. The van der Waals surface area contributed by atoms with Gasteiger partial charge < -0.3 is 16.3 Å². The highest BCUT2D eigenvalue weighted by molar-refractivity contribution is 7.98. The number of hydrogen-bond acceptors (Lipinski definition) is 8. The normalized spacial score (nSPS) is 10.6. The summed E-state index contributed by atoms with van der Waals surface area (Å²) in [6.45, 7) is 0. The van der Waals surface area contributed by atoms with Gasteiger partial charge in [-0.05, 0) is 18.2 Å². The Balaban J connectivity index is 1.86. The molecule has 4 N–H and O–H groups in total. The lowest BCUT2D eigenvalue weighted by molar-refractivity contribution is -0.385. The zero-order valence-corrected chi connectivity index (χ0v) is 15.5. The number of rotatable bonds is 7. The summed E-state index contributed by atoms with van der Waals surface area (Å²) >= 11 is 1.18. The molecule has 1 aromatic heterocycles. The fraction of sp³-hybridized carbons (Fsp3) is 0.118. The number of nitrogen functional groups attached to an aromatic ring is 1. The van der Waals surface area contributed by atoms with Crippen LogP contribution in [0.2, 0.25) is 0 Å². The maximum atomic E-state index is 11.3. The third-order valence-electron chi connectivity index (χ3n) is 3.94. The number of benzene rings is 2. The van der Waals surface area contributed by atoms with Crippen LogP contribution < -0.4 is 16.3 Å². The van der Waals surface area contributed by atoms with Crippen LogP contribution in [-0.2, 0) is 5.75 Å². The average molecular weight is 400 g/mol. The quantitative estimate of drug-likeness (QED) is 0.264. The van der Waals surface area contributed by atoms with E-state index in [1.54, 1.807) is 19.2 Å². The Morgan fingerprint density at radius 1 is 1.29 bits per heavy atom. The predicted molar refractivity (Wildman–Crippen MR) is 103 cm³/mol. The molecule has 0 aliphatic heterocycles. The number of carbonyl (C=O) groups excluding carboxylic acids is 1. The molecule has 0 unspecified atom stereocenters. The van der Waals surface area contributed by atoms with Crippen molar-refractivity contribution in [2.24, 2.45) is 5.73 Å². The van der Waals surface area contributed by atoms with Gasteiger partial charge in [0.15, 0.2) is 5.82 Å². The summed E-state index contributed by atoms with van der Waals surface area (Å²) < 4.78 is 6.61. The van der Waals surface area contributed by atoms with Crippen molar-refractivity contribution >= 4 is 23.4 Å². The van der Waals surface area contributed by atoms with Crippen molar-refractivity contribution in [2.75, 3.05) is 13.0 Å². The average Bonchev–Trinajstić information content (AvgIpc) is 3.06. The molecule has 0 radical (unpaired) electrons. The molecule has 0 spiro atoms. The van der Waals surface area contributed by atoms with Gasteiger partial charge in [0, 0.05) is 22.9 Å². The summed E-state index contributed by atoms with van der Waals surface area (Å²) in [6.07, 6.45) is 0. The molecule has 28 heavy (non-hydrogen) atoms. The molecule has 2 aromatic carbocycles. The van der Waals surface area contributed by atoms with Gasteiger partial charge in [0.25, 0.3) is 5.69 Å². The van der Waals surface area contributed by atoms with E-state index in [2.05, 4.69) is 10.2 Å². The van der Waals surface area contributed by atoms with E-state index in [4.69, 9.17) is 16.3 Å². The molecule has 144 valence electrons. The molecule has 1 amide bonds. The zero-order chi connectivity index (χ0) is 20.3. The first-order valence-corrected chi connectivity index (χ1v) is 8.94. The molecule has 0 bridgehead atoms. The molecule has 0 fully saturated rings. The minimum absolute atomic E-state index is 0.0703. The van der Waals surface area contributed by atoms with Gasteiger partial charge in [0.05, 0.1) is 17.6 Å². The summed E-state index contributed by atoms with van der Waals surface area (Å²) in [5.74, 6) is 6.57. The highest BCUT2D eigenvalue weighted by atomic mass is 32.2. The minimum Gasteiger partial charge on any atom is -0.496 e. The second-order valence-corrected chi connectivity index (χ2v) is 6.57. The largest absolute Gasteiger partial charge is 0.496 e. The Morgan fingerprint density at radius 2 is 2.04 bits per heavy atom. The minimum atomic E-state index is -0.731. The van der Waals surface area contributed by atoms with Gasteiger partial charge in [-0.1, -0.05) is 30.0 Å². The first-order valence-electron chi connectivity index (χ1n) is 7.96. The van der Waals surface area contributed by atoms with Crippen LogP contribution in [0.25, 0.3) is 11.4 Å². The van der Waals surface area contributed by atoms with E-state index in [0.717, 1.165) is 6.07 Å². The molecule has 1 heterocycles. The second kappa shape index (κ2) is 7.96. The van der Waals surface area contributed by atoms with Crippen LogP contribution in [0.15, 0.2) is 47.6 Å². The smallest absolute Gasteiger partial charge is 0.274 e. The Labute approximate surface area is 163 Å². The van der Waals surface area contributed by atoms with Crippen LogP contribution >= 0.6 is 11.8 Å². The number of aromatic nitrogens is 3. The summed E-state index contributed by atoms with van der Waals surface area (Å²) in [4.78, 5) is 22.0. The van der Waals surface area contributed by atoms with Crippen LogP contribution in [0.1, 0.15) is 15.9 Å². The van der Waals surface area contributed by atoms with Crippen molar-refractivity contribution in [1.82, 2.24) is 14.9 Å². The fourth-order valence-corrected chi connectivity index (χ4v) is 3.39. The SMILES string of the molecule is COc1ccccc1-c1nnc(SCc2ccc(C(N)=O)cc2[N+](=O)[O-])n1N. The van der Waals surface area contributed by atoms with E-state index < -0.39 is 10.8 Å². The lowest BCUT2D eigenvalue weighted by Crippen LogP contribution is -2.12. The van der Waals surface area contributed by atoms with Gasteiger partial charge >= 0.3 is 0 Å². The van der Waals surface area contributed by atoms with E-state index in [9.17, 15) is 14.9 Å². The van der Waals surface area contributed by atoms with Crippen molar-refractivity contribution in [3.8, 4) is 17.1 Å². The summed E-state index contributed by atoms with van der Waals surface area (Å²) in [5.41, 5.74) is 6.13. The predicted octanol–water partition coefficient (Wildman–Crippen LogP) is 1.97. The number of amides is 1. The van der Waals surface area contributed by atoms with Crippen LogP contribution in [0.5, 0.6) is 5.75 Å². The van der Waals surface area contributed by atoms with E-state index >= 15 is 0 Å². The molecule has 3 rings (SSSR count). The molecule has 10 nitrogen and oxygen atoms in total. The van der Waals surface area contributed by atoms with Crippen molar-refractivity contribution in [2.45, 2.75) is 10.9 Å². The Morgan fingerprint density at radius 3 is 2.71 bits per heavy atom. The van der Waals surface area contributed by atoms with E-state index in [1.165, 1.54) is 28.6 Å². The molecule has 0 aliphatic carbocycles. The molecule has 0 saturated carbocycles. The highest BCUT2D eigenvalue weighted by Gasteiger charge is 2.19. The number of hydrogen-bond donors (Lipinski definition) is 2. The number of ether oxygens (including phenoxy) is 1. The topological polar surface area (TPSA) is 152 Å². The number of methoxy groups -OCH3 is 1. The molecule has 11 heteroatoms. The van der Waals surface area contributed by atoms with Gasteiger partial charge in [0.1, 0.15) is 5.75 Å². The van der Waals surface area contributed by atoms with Crippen LogP contribution in [0.4, 0.5) is 5.69 Å². The maximum Gasteiger partial charge on any atom is 0.274 e. The van der Waals surface area contributed by atoms with Crippen LogP contribution in [0, 0.1) is 10.1 Å².